The fourth-order valence-electron chi connectivity index (χ4n) is 3.56. The molecule has 0 unspecified atom stereocenters. The van der Waals surface area contributed by atoms with Crippen LogP contribution in [0.3, 0.4) is 0 Å². The molecule has 3 rings (SSSR count). The van der Waals surface area contributed by atoms with Crippen LogP contribution in [0.1, 0.15) is 24.7 Å². The summed E-state index contributed by atoms with van der Waals surface area (Å²) >= 11 is 0. The third kappa shape index (κ3) is 5.70. The maximum absolute atomic E-state index is 14.7. The Morgan fingerprint density at radius 3 is 2.15 bits per heavy atom. The first-order chi connectivity index (χ1) is 15.9. The molecule has 0 heterocycles. The Morgan fingerprint density at radius 2 is 1.58 bits per heavy atom. The van der Waals surface area contributed by atoms with Gasteiger partial charge < -0.3 is 24.2 Å². The van der Waals surface area contributed by atoms with Crippen LogP contribution in [0.2, 0.25) is 0 Å². The third-order valence-corrected chi connectivity index (χ3v) is 8.04. The Balaban J connectivity index is 2.16. The molecule has 0 radical (unpaired) electrons. The highest BCUT2D eigenvalue weighted by molar-refractivity contribution is 7.67. The first kappa shape index (κ1) is 24.7. The molecule has 176 valence electrons. The summed E-state index contributed by atoms with van der Waals surface area (Å²) in [5, 5.41) is 4.13. The lowest BCUT2D eigenvalue weighted by Crippen LogP contribution is -2.21. The summed E-state index contributed by atoms with van der Waals surface area (Å²) in [6, 6.07) is 23.0. The molecule has 7 heteroatoms. The van der Waals surface area contributed by atoms with E-state index < -0.39 is 13.2 Å². The number of hydrogen-bond acceptors (Lipinski definition) is 6. The van der Waals surface area contributed by atoms with E-state index in [2.05, 4.69) is 5.32 Å². The van der Waals surface area contributed by atoms with Gasteiger partial charge in [-0.2, -0.15) is 0 Å². The molecular formula is C26H33N2O4P. The standard InChI is InChI=1S/C26H33N2O4P/c1-6-18-32-33(29,23-15-13-22(14-16-23)28(2)3)26(27-21-10-8-7-9-11-21)20-12-17-24(30-4)25(19-20)31-5/h7-17,19,26-27H,6,18H2,1-5H3/t26-,33+/m0/s1. The molecular weight excluding hydrogens is 435 g/mol. The molecule has 3 aromatic rings. The fraction of sp³-hybridized carbons (Fsp3) is 0.308. The van der Waals surface area contributed by atoms with Gasteiger partial charge in [-0.3, -0.25) is 4.57 Å². The van der Waals surface area contributed by atoms with Gasteiger partial charge in [-0.1, -0.05) is 31.2 Å². The van der Waals surface area contributed by atoms with Gasteiger partial charge in [-0.25, -0.2) is 0 Å². The highest BCUT2D eigenvalue weighted by Crippen LogP contribution is 2.59. The second-order valence-electron chi connectivity index (χ2n) is 7.87. The van der Waals surface area contributed by atoms with Crippen LogP contribution in [-0.4, -0.2) is 34.9 Å². The van der Waals surface area contributed by atoms with Crippen molar-refractivity contribution in [3.8, 4) is 11.5 Å². The van der Waals surface area contributed by atoms with Crippen LogP contribution in [0.4, 0.5) is 11.4 Å². The van der Waals surface area contributed by atoms with Crippen molar-refractivity contribution in [3.63, 3.8) is 0 Å². The number of benzene rings is 3. The molecule has 0 aliphatic heterocycles. The predicted molar refractivity (Wildman–Crippen MR) is 137 cm³/mol. The van der Waals surface area contributed by atoms with E-state index in [1.165, 1.54) is 0 Å². The molecule has 33 heavy (non-hydrogen) atoms. The highest BCUT2D eigenvalue weighted by atomic mass is 31.2. The molecule has 3 aromatic carbocycles. The van der Waals surface area contributed by atoms with E-state index in [0.717, 1.165) is 23.4 Å². The second-order valence-corrected chi connectivity index (χ2v) is 10.4. The summed E-state index contributed by atoms with van der Waals surface area (Å²) in [5.41, 5.74) is 2.66. The van der Waals surface area contributed by atoms with Crippen molar-refractivity contribution in [1.29, 1.82) is 0 Å². The van der Waals surface area contributed by atoms with Gasteiger partial charge in [0.05, 0.1) is 20.8 Å². The number of anilines is 2. The summed E-state index contributed by atoms with van der Waals surface area (Å²) in [6.45, 7) is 2.39. The second kappa shape index (κ2) is 11.3. The van der Waals surface area contributed by atoms with Crippen molar-refractivity contribution in [1.82, 2.24) is 0 Å². The maximum atomic E-state index is 14.7. The van der Waals surface area contributed by atoms with E-state index in [0.29, 0.717) is 23.4 Å². The minimum absolute atomic E-state index is 0.382. The van der Waals surface area contributed by atoms with Crippen LogP contribution in [0.15, 0.2) is 72.8 Å². The summed E-state index contributed by atoms with van der Waals surface area (Å²) in [6.07, 6.45) is 0.754. The van der Waals surface area contributed by atoms with Gasteiger partial charge in [0.15, 0.2) is 11.5 Å². The van der Waals surface area contributed by atoms with Crippen molar-refractivity contribution in [3.05, 3.63) is 78.4 Å². The fourth-order valence-corrected chi connectivity index (χ4v) is 6.05. The zero-order chi connectivity index (χ0) is 23.8. The molecule has 0 saturated heterocycles. The largest absolute Gasteiger partial charge is 0.493 e. The average Bonchev–Trinajstić information content (AvgIpc) is 2.86. The van der Waals surface area contributed by atoms with Gasteiger partial charge in [0.25, 0.3) is 7.37 Å². The first-order valence-corrected chi connectivity index (χ1v) is 12.7. The van der Waals surface area contributed by atoms with Gasteiger partial charge in [-0.05, 0) is 60.5 Å². The smallest absolute Gasteiger partial charge is 0.258 e. The summed E-state index contributed by atoms with van der Waals surface area (Å²) < 4.78 is 31.9. The summed E-state index contributed by atoms with van der Waals surface area (Å²) in [5.74, 6) is 0.552. The minimum Gasteiger partial charge on any atom is -0.493 e. The van der Waals surface area contributed by atoms with Gasteiger partial charge in [0.1, 0.15) is 5.78 Å². The zero-order valence-corrected chi connectivity index (χ0v) is 20.8. The monoisotopic (exact) mass is 468 g/mol. The van der Waals surface area contributed by atoms with E-state index in [1.54, 1.807) is 14.2 Å². The van der Waals surface area contributed by atoms with Crippen molar-refractivity contribution >= 4 is 24.0 Å². The van der Waals surface area contributed by atoms with E-state index in [1.807, 2.05) is 98.7 Å². The van der Waals surface area contributed by atoms with Crippen molar-refractivity contribution < 1.29 is 18.6 Å². The molecule has 0 spiro atoms. The van der Waals surface area contributed by atoms with Crippen molar-refractivity contribution in [2.24, 2.45) is 0 Å². The van der Waals surface area contributed by atoms with Crippen LogP contribution in [-0.2, 0) is 9.09 Å². The van der Waals surface area contributed by atoms with Gasteiger partial charge in [0, 0.05) is 30.8 Å². The van der Waals surface area contributed by atoms with Crippen LogP contribution >= 0.6 is 7.37 Å². The normalized spacial score (nSPS) is 13.6. The Morgan fingerprint density at radius 1 is 0.909 bits per heavy atom. The minimum atomic E-state index is -3.42. The number of rotatable bonds is 11. The number of para-hydroxylation sites is 1. The Labute approximate surface area is 196 Å². The van der Waals surface area contributed by atoms with E-state index in [9.17, 15) is 4.57 Å². The lowest BCUT2D eigenvalue weighted by molar-refractivity contribution is 0.315. The van der Waals surface area contributed by atoms with E-state index in [-0.39, 0.29) is 0 Å². The van der Waals surface area contributed by atoms with E-state index in [4.69, 9.17) is 14.0 Å². The van der Waals surface area contributed by atoms with Crippen LogP contribution in [0.5, 0.6) is 11.5 Å². The average molecular weight is 469 g/mol. The molecule has 2 atom stereocenters. The molecule has 0 aliphatic rings. The molecule has 0 aromatic heterocycles. The highest BCUT2D eigenvalue weighted by Gasteiger charge is 2.38. The molecule has 0 saturated carbocycles. The van der Waals surface area contributed by atoms with Crippen LogP contribution < -0.4 is 25.0 Å². The number of methoxy groups -OCH3 is 2. The van der Waals surface area contributed by atoms with Gasteiger partial charge in [0.2, 0.25) is 0 Å². The zero-order valence-electron chi connectivity index (χ0n) is 19.9. The SMILES string of the molecule is CCCO[P@](=O)(c1ccc(N(C)C)cc1)[C@H](Nc1ccccc1)c1ccc(OC)c(OC)c1. The maximum Gasteiger partial charge on any atom is 0.258 e. The number of hydrogen-bond donors (Lipinski definition) is 1. The van der Waals surface area contributed by atoms with Crippen molar-refractivity contribution in [2.45, 2.75) is 19.1 Å². The Hall–Kier alpha value is -2.95. The third-order valence-electron chi connectivity index (χ3n) is 5.35. The summed E-state index contributed by atoms with van der Waals surface area (Å²) in [7, 11) is 3.73. The molecule has 0 bridgehead atoms. The molecule has 0 fully saturated rings. The Bertz CT molecular complexity index is 1070. The summed E-state index contributed by atoms with van der Waals surface area (Å²) in [4.78, 5) is 2.01. The van der Waals surface area contributed by atoms with Crippen molar-refractivity contribution in [2.75, 3.05) is 45.1 Å². The number of nitrogens with zero attached hydrogens (tertiary/aromatic N) is 1. The van der Waals surface area contributed by atoms with E-state index >= 15 is 0 Å². The lowest BCUT2D eigenvalue weighted by Gasteiger charge is -2.30. The lowest BCUT2D eigenvalue weighted by atomic mass is 10.2. The molecule has 0 amide bonds. The molecule has 1 N–H and O–H groups in total. The van der Waals surface area contributed by atoms with Gasteiger partial charge in [-0.15, -0.1) is 0 Å². The van der Waals surface area contributed by atoms with Crippen LogP contribution in [0, 0.1) is 0 Å². The Kier molecular flexibility index (Phi) is 8.43. The molecule has 0 aliphatic carbocycles. The first-order valence-electron chi connectivity index (χ1n) is 11.0. The topological polar surface area (TPSA) is 60.0 Å². The number of nitrogens with one attached hydrogen (secondary N) is 1. The van der Waals surface area contributed by atoms with Gasteiger partial charge >= 0.3 is 0 Å². The molecule has 6 nitrogen and oxygen atoms in total. The number of ether oxygens (including phenoxy) is 2. The predicted octanol–water partition coefficient (Wildman–Crippen LogP) is 5.91. The quantitative estimate of drug-likeness (QED) is 0.353. The van der Waals surface area contributed by atoms with Crippen LogP contribution in [0.25, 0.3) is 0 Å².